The van der Waals surface area contributed by atoms with Gasteiger partial charge in [0.05, 0.1) is 12.4 Å². The quantitative estimate of drug-likeness (QED) is 0.745. The Morgan fingerprint density at radius 2 is 1.90 bits per heavy atom. The van der Waals surface area contributed by atoms with Crippen LogP contribution in [0.25, 0.3) is 17.0 Å². The van der Waals surface area contributed by atoms with E-state index in [4.69, 9.17) is 11.6 Å². The van der Waals surface area contributed by atoms with Crippen molar-refractivity contribution in [2.24, 2.45) is 0 Å². The highest BCUT2D eigenvalue weighted by molar-refractivity contribution is 6.29. The summed E-state index contributed by atoms with van der Waals surface area (Å²) in [5.74, 6) is 0.616. The molecule has 3 aromatic rings. The summed E-state index contributed by atoms with van der Waals surface area (Å²) >= 11 is 5.83. The number of aromatic nitrogens is 4. The summed E-state index contributed by atoms with van der Waals surface area (Å²) in [5.41, 5.74) is 1.23. The van der Waals surface area contributed by atoms with Gasteiger partial charge in [-0.3, -0.25) is 4.40 Å². The molecule has 20 heavy (non-hydrogen) atoms. The number of rotatable bonds is 3. The van der Waals surface area contributed by atoms with Crippen LogP contribution in [0.15, 0.2) is 36.7 Å². The zero-order valence-electron chi connectivity index (χ0n) is 9.87. The van der Waals surface area contributed by atoms with Crippen LogP contribution in [0.2, 0.25) is 5.15 Å². The van der Waals surface area contributed by atoms with Crippen LogP contribution < -0.4 is 4.74 Å². The van der Waals surface area contributed by atoms with E-state index in [9.17, 15) is 8.78 Å². The Bertz CT molecular complexity index is 745. The van der Waals surface area contributed by atoms with Crippen LogP contribution in [0, 0.1) is 0 Å². The molecule has 0 spiro atoms. The molecule has 102 valence electrons. The standard InChI is InChI=1S/C12H7ClF2N4O/c13-9-6-19-10(5-16-9)17-18-11(19)7-1-3-8(4-2-7)20-12(14)15/h1-6,12H. The van der Waals surface area contributed by atoms with Crippen molar-refractivity contribution in [3.05, 3.63) is 41.8 Å². The summed E-state index contributed by atoms with van der Waals surface area (Å²) in [6, 6.07) is 6.10. The van der Waals surface area contributed by atoms with Crippen LogP contribution in [0.3, 0.4) is 0 Å². The maximum absolute atomic E-state index is 12.1. The zero-order valence-corrected chi connectivity index (χ0v) is 10.6. The summed E-state index contributed by atoms with van der Waals surface area (Å²) in [6.45, 7) is -2.85. The van der Waals surface area contributed by atoms with Crippen LogP contribution in [0.4, 0.5) is 8.78 Å². The molecule has 0 fully saturated rings. The van der Waals surface area contributed by atoms with E-state index in [0.717, 1.165) is 0 Å². The highest BCUT2D eigenvalue weighted by Crippen LogP contribution is 2.23. The molecule has 0 aliphatic heterocycles. The summed E-state index contributed by atoms with van der Waals surface area (Å²) in [5, 5.41) is 8.27. The third-order valence-electron chi connectivity index (χ3n) is 2.60. The molecular formula is C12H7ClF2N4O. The van der Waals surface area contributed by atoms with Crippen LogP contribution in [0.1, 0.15) is 0 Å². The SMILES string of the molecule is FC(F)Oc1ccc(-c2nnc3cnc(Cl)cn23)cc1. The lowest BCUT2D eigenvalue weighted by Crippen LogP contribution is -2.01. The molecule has 0 amide bonds. The van der Waals surface area contributed by atoms with Crippen molar-refractivity contribution >= 4 is 17.2 Å². The Morgan fingerprint density at radius 1 is 1.15 bits per heavy atom. The van der Waals surface area contributed by atoms with E-state index < -0.39 is 6.61 Å². The van der Waals surface area contributed by atoms with Gasteiger partial charge in [-0.2, -0.15) is 8.78 Å². The fraction of sp³-hybridized carbons (Fsp3) is 0.0833. The first-order valence-electron chi connectivity index (χ1n) is 5.55. The van der Waals surface area contributed by atoms with Crippen molar-refractivity contribution in [1.82, 2.24) is 19.6 Å². The van der Waals surface area contributed by atoms with Gasteiger partial charge < -0.3 is 4.74 Å². The molecule has 2 heterocycles. The average Bonchev–Trinajstić information content (AvgIpc) is 2.82. The largest absolute Gasteiger partial charge is 0.435 e. The van der Waals surface area contributed by atoms with Gasteiger partial charge in [-0.1, -0.05) is 11.6 Å². The fourth-order valence-corrected chi connectivity index (χ4v) is 1.91. The van der Waals surface area contributed by atoms with Crippen LogP contribution in [-0.2, 0) is 0 Å². The first kappa shape index (κ1) is 12.7. The van der Waals surface area contributed by atoms with Crippen molar-refractivity contribution in [2.45, 2.75) is 6.61 Å². The predicted octanol–water partition coefficient (Wildman–Crippen LogP) is 3.05. The molecule has 0 N–H and O–H groups in total. The Kier molecular flexibility index (Phi) is 3.19. The molecule has 2 aromatic heterocycles. The van der Waals surface area contributed by atoms with Gasteiger partial charge in [0, 0.05) is 5.56 Å². The van der Waals surface area contributed by atoms with Crippen LogP contribution >= 0.6 is 11.6 Å². The molecular weight excluding hydrogens is 290 g/mol. The third-order valence-corrected chi connectivity index (χ3v) is 2.79. The Balaban J connectivity index is 2.00. The topological polar surface area (TPSA) is 52.3 Å². The first-order chi connectivity index (χ1) is 9.63. The van der Waals surface area contributed by atoms with Gasteiger partial charge in [-0.15, -0.1) is 10.2 Å². The Morgan fingerprint density at radius 3 is 2.60 bits per heavy atom. The van der Waals surface area contributed by atoms with Gasteiger partial charge in [0.2, 0.25) is 0 Å². The maximum atomic E-state index is 12.1. The zero-order chi connectivity index (χ0) is 14.1. The van der Waals surface area contributed by atoms with Gasteiger partial charge in [0.25, 0.3) is 0 Å². The van der Waals surface area contributed by atoms with Gasteiger partial charge in [0.15, 0.2) is 11.5 Å². The van der Waals surface area contributed by atoms with Crippen LogP contribution in [-0.4, -0.2) is 26.2 Å². The molecule has 0 radical (unpaired) electrons. The van der Waals surface area contributed by atoms with Crippen molar-refractivity contribution < 1.29 is 13.5 Å². The number of ether oxygens (including phenoxy) is 1. The highest BCUT2D eigenvalue weighted by atomic mass is 35.5. The minimum absolute atomic E-state index is 0.0808. The van der Waals surface area contributed by atoms with E-state index >= 15 is 0 Å². The van der Waals surface area contributed by atoms with Crippen molar-refractivity contribution in [1.29, 1.82) is 0 Å². The first-order valence-corrected chi connectivity index (χ1v) is 5.93. The second-order valence-corrected chi connectivity index (χ2v) is 4.25. The minimum atomic E-state index is -2.85. The second kappa shape index (κ2) is 5.01. The normalized spacial score (nSPS) is 11.2. The lowest BCUT2D eigenvalue weighted by molar-refractivity contribution is -0.0498. The number of alkyl halides is 2. The van der Waals surface area contributed by atoms with Crippen molar-refractivity contribution in [2.75, 3.05) is 0 Å². The molecule has 0 saturated heterocycles. The predicted molar refractivity (Wildman–Crippen MR) is 67.9 cm³/mol. The summed E-state index contributed by atoms with van der Waals surface area (Å²) < 4.78 is 30.1. The average molecular weight is 297 g/mol. The number of benzene rings is 1. The van der Waals surface area contributed by atoms with E-state index in [-0.39, 0.29) is 5.75 Å². The fourth-order valence-electron chi connectivity index (χ4n) is 1.76. The Labute approximate surface area is 116 Å². The van der Waals surface area contributed by atoms with E-state index in [2.05, 4.69) is 19.9 Å². The lowest BCUT2D eigenvalue weighted by Gasteiger charge is -2.05. The lowest BCUT2D eigenvalue weighted by atomic mass is 10.2. The monoisotopic (exact) mass is 296 g/mol. The molecule has 0 aliphatic carbocycles. The highest BCUT2D eigenvalue weighted by Gasteiger charge is 2.10. The smallest absolute Gasteiger partial charge is 0.387 e. The molecule has 0 atom stereocenters. The van der Waals surface area contributed by atoms with Gasteiger partial charge in [0.1, 0.15) is 10.9 Å². The van der Waals surface area contributed by atoms with Gasteiger partial charge >= 0.3 is 6.61 Å². The third kappa shape index (κ3) is 2.39. The summed E-state index contributed by atoms with van der Waals surface area (Å²) in [6.07, 6.45) is 3.07. The number of halogens is 3. The number of hydrogen-bond acceptors (Lipinski definition) is 4. The molecule has 8 heteroatoms. The summed E-state index contributed by atoms with van der Waals surface area (Å²) in [7, 11) is 0. The molecule has 0 saturated carbocycles. The minimum Gasteiger partial charge on any atom is -0.435 e. The number of nitrogens with zero attached hydrogens (tertiary/aromatic N) is 4. The molecule has 0 aliphatic rings. The van der Waals surface area contributed by atoms with Gasteiger partial charge in [-0.25, -0.2) is 4.98 Å². The van der Waals surface area contributed by atoms with Crippen molar-refractivity contribution in [3.8, 4) is 17.1 Å². The molecule has 0 unspecified atom stereocenters. The number of fused-ring (bicyclic) bond motifs is 1. The molecule has 3 rings (SSSR count). The van der Waals surface area contributed by atoms with Gasteiger partial charge in [-0.05, 0) is 24.3 Å². The molecule has 0 bridgehead atoms. The molecule has 5 nitrogen and oxygen atoms in total. The van der Waals surface area contributed by atoms with E-state index in [1.807, 2.05) is 0 Å². The number of hydrogen-bond donors (Lipinski definition) is 0. The van der Waals surface area contributed by atoms with E-state index in [1.54, 1.807) is 22.7 Å². The molecule has 1 aromatic carbocycles. The Hall–Kier alpha value is -2.28. The summed E-state index contributed by atoms with van der Waals surface area (Å²) in [4.78, 5) is 3.90. The van der Waals surface area contributed by atoms with Crippen LogP contribution in [0.5, 0.6) is 5.75 Å². The maximum Gasteiger partial charge on any atom is 0.387 e. The van der Waals surface area contributed by atoms with Crippen molar-refractivity contribution in [3.63, 3.8) is 0 Å². The van der Waals surface area contributed by atoms with E-state index in [1.165, 1.54) is 18.3 Å². The second-order valence-electron chi connectivity index (χ2n) is 3.86. The van der Waals surface area contributed by atoms with E-state index in [0.29, 0.717) is 22.2 Å².